The Hall–Kier alpha value is -7.57. The normalized spacial score (nSPS) is 21.2. The molecule has 4 atom stereocenters. The van der Waals surface area contributed by atoms with Crippen molar-refractivity contribution in [3.05, 3.63) is 228 Å². The molecule has 0 N–H and O–H groups in total. The van der Waals surface area contributed by atoms with Crippen LogP contribution in [-0.4, -0.2) is 30.5 Å². The van der Waals surface area contributed by atoms with Crippen LogP contribution in [0.25, 0.3) is 61.5 Å². The molecule has 0 bridgehead atoms. The highest BCUT2D eigenvalue weighted by Gasteiger charge is 2.41. The van der Waals surface area contributed by atoms with Gasteiger partial charge in [0.15, 0.2) is 5.82 Å². The Morgan fingerprint density at radius 3 is 2.38 bits per heavy atom. The summed E-state index contributed by atoms with van der Waals surface area (Å²) in [5.74, 6) is 2.58. The predicted molar refractivity (Wildman–Crippen MR) is 254 cm³/mol. The summed E-state index contributed by atoms with van der Waals surface area (Å²) in [7, 11) is 0. The molecule has 63 heavy (non-hydrogen) atoms. The molecule has 0 saturated heterocycles. The van der Waals surface area contributed by atoms with Gasteiger partial charge in [-0.1, -0.05) is 97.1 Å². The molecule has 302 valence electrons. The van der Waals surface area contributed by atoms with Crippen molar-refractivity contribution in [2.75, 3.05) is 0 Å². The molecule has 0 spiro atoms. The summed E-state index contributed by atoms with van der Waals surface area (Å²) in [6.45, 7) is 0. The molecule has 4 aliphatic carbocycles. The largest absolute Gasteiger partial charge is 0.460 e. The van der Waals surface area contributed by atoms with Crippen LogP contribution < -0.4 is 0 Å². The number of pyridine rings is 1. The zero-order chi connectivity index (χ0) is 41.4. The number of aryl methyl sites for hydroxylation is 1. The highest BCUT2D eigenvalue weighted by Crippen LogP contribution is 2.49. The molecule has 6 nitrogen and oxygen atoms in total. The monoisotopic (exact) mass is 813 g/mol. The maximum atomic E-state index is 6.56. The highest BCUT2D eigenvalue weighted by atomic mass is 16.3. The Bertz CT molecular complexity index is 3340. The maximum absolute atomic E-state index is 6.56. The number of aromatic nitrogens is 4. The lowest BCUT2D eigenvalue weighted by molar-refractivity contribution is 0.377. The molecule has 8 aromatic rings. The molecule has 6 heteroatoms. The zero-order valence-corrected chi connectivity index (χ0v) is 34.7. The van der Waals surface area contributed by atoms with Gasteiger partial charge in [-0.15, -0.1) is 0 Å². The summed E-state index contributed by atoms with van der Waals surface area (Å²) in [4.78, 5) is 16.2. The topological polar surface area (TPSA) is 60.0 Å². The number of nitrogens with zero attached hydrogens (tertiary/aromatic N) is 5. The van der Waals surface area contributed by atoms with E-state index in [0.717, 1.165) is 42.6 Å². The molecule has 4 aromatic carbocycles. The summed E-state index contributed by atoms with van der Waals surface area (Å²) in [5.41, 5.74) is 16.0. The Morgan fingerprint density at radius 1 is 0.667 bits per heavy atom. The van der Waals surface area contributed by atoms with E-state index < -0.39 is 0 Å². The lowest BCUT2D eigenvalue weighted by Gasteiger charge is -2.33. The van der Waals surface area contributed by atoms with Gasteiger partial charge in [-0.05, 0) is 114 Å². The van der Waals surface area contributed by atoms with Crippen molar-refractivity contribution < 1.29 is 4.42 Å². The van der Waals surface area contributed by atoms with E-state index in [2.05, 4.69) is 182 Å². The van der Waals surface area contributed by atoms with Crippen LogP contribution in [0.2, 0.25) is 0 Å². The summed E-state index contributed by atoms with van der Waals surface area (Å²) < 4.78 is 8.97. The van der Waals surface area contributed by atoms with Gasteiger partial charge in [0.1, 0.15) is 11.3 Å². The molecular weight excluding hydrogens is 771 g/mol. The SMILES string of the molecule is C1=CC2C3=C(C=CC(c4cncc(-c5ncccn5)c4)C3)N(C3=CC(c4ccc5oc6c(c5c4)C=C(c4cccc(-n5c7ccccc7c7ccccc75)c4)CC6)CC=C3)C2C=C1. The molecule has 1 aliphatic heterocycles. The van der Waals surface area contributed by atoms with Crippen molar-refractivity contribution in [2.45, 2.75) is 43.6 Å². The van der Waals surface area contributed by atoms with Crippen LogP contribution >= 0.6 is 0 Å². The van der Waals surface area contributed by atoms with Crippen LogP contribution in [-0.2, 0) is 6.42 Å². The van der Waals surface area contributed by atoms with Gasteiger partial charge >= 0.3 is 0 Å². The summed E-state index contributed by atoms with van der Waals surface area (Å²) in [5, 5.41) is 3.76. The van der Waals surface area contributed by atoms with Crippen molar-refractivity contribution in [3.8, 4) is 17.1 Å². The molecule has 13 rings (SSSR count). The van der Waals surface area contributed by atoms with Gasteiger partial charge in [0.2, 0.25) is 0 Å². The Labute approximate surface area is 366 Å². The first kappa shape index (κ1) is 36.1. The van der Waals surface area contributed by atoms with Gasteiger partial charge in [0, 0.05) is 93.3 Å². The molecule has 4 aromatic heterocycles. The third-order valence-electron chi connectivity index (χ3n) is 13.9. The van der Waals surface area contributed by atoms with E-state index in [1.165, 1.54) is 77.7 Å². The number of fused-ring (bicyclic) bond motifs is 8. The fourth-order valence-electron chi connectivity index (χ4n) is 10.9. The van der Waals surface area contributed by atoms with E-state index in [1.807, 2.05) is 18.5 Å². The lowest BCUT2D eigenvalue weighted by atomic mass is 9.81. The average molecular weight is 814 g/mol. The first-order chi connectivity index (χ1) is 31.2. The van der Waals surface area contributed by atoms with Gasteiger partial charge in [-0.25, -0.2) is 9.97 Å². The van der Waals surface area contributed by atoms with Crippen molar-refractivity contribution in [3.63, 3.8) is 0 Å². The molecule has 5 aliphatic rings. The maximum Gasteiger partial charge on any atom is 0.160 e. The number of allylic oxidation sites excluding steroid dienone is 8. The molecule has 0 amide bonds. The molecule has 4 unspecified atom stereocenters. The second-order valence-corrected chi connectivity index (χ2v) is 17.4. The van der Waals surface area contributed by atoms with Crippen LogP contribution in [0.3, 0.4) is 0 Å². The molecule has 5 heterocycles. The minimum atomic E-state index is 0.231. The number of hydrogen-bond donors (Lipinski definition) is 0. The van der Waals surface area contributed by atoms with Gasteiger partial charge in [0.05, 0.1) is 17.1 Å². The van der Waals surface area contributed by atoms with Crippen LogP contribution in [0.4, 0.5) is 0 Å². The minimum absolute atomic E-state index is 0.231. The molecule has 0 saturated carbocycles. The molecule has 0 radical (unpaired) electrons. The molecular formula is C57H43N5O. The third-order valence-corrected chi connectivity index (χ3v) is 13.9. The van der Waals surface area contributed by atoms with Crippen LogP contribution in [0.1, 0.15) is 59.1 Å². The van der Waals surface area contributed by atoms with Crippen LogP contribution in [0, 0.1) is 5.92 Å². The third kappa shape index (κ3) is 5.96. The first-order valence-electron chi connectivity index (χ1n) is 22.2. The lowest BCUT2D eigenvalue weighted by Crippen LogP contribution is -2.32. The average Bonchev–Trinajstić information content (AvgIpc) is 4.01. The zero-order valence-electron chi connectivity index (χ0n) is 34.7. The van der Waals surface area contributed by atoms with Crippen molar-refractivity contribution in [2.24, 2.45) is 5.92 Å². The van der Waals surface area contributed by atoms with Crippen LogP contribution in [0.15, 0.2) is 204 Å². The fourth-order valence-corrected chi connectivity index (χ4v) is 10.9. The van der Waals surface area contributed by atoms with E-state index in [9.17, 15) is 0 Å². The highest BCUT2D eigenvalue weighted by molar-refractivity contribution is 6.09. The molecule has 0 fully saturated rings. The summed E-state index contributed by atoms with van der Waals surface area (Å²) >= 11 is 0. The second-order valence-electron chi connectivity index (χ2n) is 17.4. The van der Waals surface area contributed by atoms with Crippen LogP contribution in [0.5, 0.6) is 0 Å². The smallest absolute Gasteiger partial charge is 0.160 e. The van der Waals surface area contributed by atoms with E-state index in [4.69, 9.17) is 4.42 Å². The van der Waals surface area contributed by atoms with Gasteiger partial charge in [-0.3, -0.25) is 4.98 Å². The Kier molecular flexibility index (Phi) is 8.33. The van der Waals surface area contributed by atoms with Crippen molar-refractivity contribution in [1.82, 2.24) is 24.4 Å². The number of furan rings is 1. The Morgan fingerprint density at radius 2 is 1.51 bits per heavy atom. The summed E-state index contributed by atoms with van der Waals surface area (Å²) in [6.07, 6.45) is 34.7. The summed E-state index contributed by atoms with van der Waals surface area (Å²) in [6, 6.07) is 37.7. The first-order valence-corrected chi connectivity index (χ1v) is 22.2. The van der Waals surface area contributed by atoms with Crippen molar-refractivity contribution in [1.29, 1.82) is 0 Å². The van der Waals surface area contributed by atoms with E-state index in [0.29, 0.717) is 11.7 Å². The van der Waals surface area contributed by atoms with E-state index >= 15 is 0 Å². The van der Waals surface area contributed by atoms with E-state index in [1.54, 1.807) is 12.4 Å². The number of para-hydroxylation sites is 2. The van der Waals surface area contributed by atoms with Gasteiger partial charge in [-0.2, -0.15) is 0 Å². The predicted octanol–water partition coefficient (Wildman–Crippen LogP) is 13.2. The standard InChI is InChI=1S/C57H43N5O/c1-4-17-51-45(14-1)46-15-2-5-18-52(46)61(51)43-12-7-10-36(29-43)38-21-24-55-49(32-38)50-33-39(22-25-56(50)63-55)37-11-8-13-44(30-37)62-53-19-6-3-16-47(53)48-31-40(20-23-54(48)62)41-28-42(35-58-34-41)57-59-26-9-27-60-57/h1-10,12-20,22-23,25-30,32-35,37,40,47,53H,11,21,24,31H2. The van der Waals surface area contributed by atoms with Gasteiger partial charge in [0.25, 0.3) is 0 Å². The number of hydrogen-bond acceptors (Lipinski definition) is 5. The van der Waals surface area contributed by atoms with Gasteiger partial charge < -0.3 is 13.9 Å². The Balaban J connectivity index is 0.814. The second kappa shape index (κ2) is 14.5. The van der Waals surface area contributed by atoms with E-state index in [-0.39, 0.29) is 17.9 Å². The fraction of sp³-hybridized carbons (Fsp3) is 0.140. The number of rotatable bonds is 6. The number of benzene rings is 4. The quantitative estimate of drug-likeness (QED) is 0.167. The van der Waals surface area contributed by atoms with Crippen molar-refractivity contribution >= 4 is 44.4 Å². The minimum Gasteiger partial charge on any atom is -0.460 e.